The second-order valence-electron chi connectivity index (χ2n) is 4.05. The first-order valence-electron chi connectivity index (χ1n) is 6.64. The monoisotopic (exact) mass is 277 g/mol. The van der Waals surface area contributed by atoms with Crippen LogP contribution in [0.1, 0.15) is 25.4 Å². The number of nitrogens with zero attached hydrogens (tertiary/aromatic N) is 3. The van der Waals surface area contributed by atoms with E-state index in [1.54, 1.807) is 12.3 Å². The second kappa shape index (κ2) is 7.44. The maximum atomic E-state index is 5.35. The fraction of sp³-hybridized carbons (Fsp3) is 0.462. The van der Waals surface area contributed by atoms with Crippen molar-refractivity contribution in [1.82, 2.24) is 15.1 Å². The van der Waals surface area contributed by atoms with Gasteiger partial charge in [0.05, 0.1) is 12.7 Å². The van der Waals surface area contributed by atoms with Gasteiger partial charge < -0.3 is 19.9 Å². The van der Waals surface area contributed by atoms with E-state index in [0.29, 0.717) is 25.6 Å². The van der Waals surface area contributed by atoms with Crippen molar-refractivity contribution in [3.05, 3.63) is 29.9 Å². The van der Waals surface area contributed by atoms with E-state index in [2.05, 4.69) is 25.8 Å². The number of aromatic nitrogens is 3. The molecule has 20 heavy (non-hydrogen) atoms. The Morgan fingerprint density at radius 1 is 1.20 bits per heavy atom. The predicted molar refractivity (Wildman–Crippen MR) is 75.4 cm³/mol. The molecular formula is C13H19N5O2. The summed E-state index contributed by atoms with van der Waals surface area (Å²) in [5.74, 6) is 2.89. The van der Waals surface area contributed by atoms with E-state index < -0.39 is 0 Å². The normalized spacial score (nSPS) is 10.5. The highest BCUT2D eigenvalue weighted by molar-refractivity contribution is 5.47. The molecule has 0 aliphatic heterocycles. The molecule has 0 bridgehead atoms. The first kappa shape index (κ1) is 14.3. The zero-order valence-electron chi connectivity index (χ0n) is 11.7. The fourth-order valence-corrected chi connectivity index (χ4v) is 1.63. The van der Waals surface area contributed by atoms with E-state index in [-0.39, 0.29) is 0 Å². The van der Waals surface area contributed by atoms with Crippen molar-refractivity contribution >= 4 is 11.6 Å². The van der Waals surface area contributed by atoms with Crippen LogP contribution in [0.5, 0.6) is 0 Å². The van der Waals surface area contributed by atoms with Gasteiger partial charge >= 0.3 is 0 Å². The standard InChI is InChI=1S/C13H19N5O2/c1-3-14-11-7-12(15-8-10-5-6-16-20-10)18-13(17-11)9-19-4-2/h5-7H,3-4,8-9H2,1-2H3,(H2,14,15,17,18). The molecule has 2 N–H and O–H groups in total. The number of nitrogens with one attached hydrogen (secondary N) is 2. The number of hydrogen-bond acceptors (Lipinski definition) is 7. The van der Waals surface area contributed by atoms with Crippen LogP contribution in [0.2, 0.25) is 0 Å². The summed E-state index contributed by atoms with van der Waals surface area (Å²) < 4.78 is 10.4. The van der Waals surface area contributed by atoms with Crippen LogP contribution in [-0.4, -0.2) is 28.3 Å². The lowest BCUT2D eigenvalue weighted by Crippen LogP contribution is -2.09. The maximum Gasteiger partial charge on any atom is 0.158 e. The minimum absolute atomic E-state index is 0.396. The third kappa shape index (κ3) is 4.20. The van der Waals surface area contributed by atoms with Gasteiger partial charge in [0.1, 0.15) is 18.2 Å². The molecule has 0 unspecified atom stereocenters. The van der Waals surface area contributed by atoms with E-state index >= 15 is 0 Å². The van der Waals surface area contributed by atoms with Gasteiger partial charge in [-0.15, -0.1) is 0 Å². The van der Waals surface area contributed by atoms with Crippen LogP contribution in [0.25, 0.3) is 0 Å². The largest absolute Gasteiger partial charge is 0.374 e. The highest BCUT2D eigenvalue weighted by atomic mass is 16.5. The molecule has 2 rings (SSSR count). The van der Waals surface area contributed by atoms with Crippen LogP contribution >= 0.6 is 0 Å². The molecule has 2 heterocycles. The first-order chi connectivity index (χ1) is 9.81. The summed E-state index contributed by atoms with van der Waals surface area (Å²) in [7, 11) is 0. The quantitative estimate of drug-likeness (QED) is 0.763. The van der Waals surface area contributed by atoms with Crippen molar-refractivity contribution in [3.8, 4) is 0 Å². The fourth-order valence-electron chi connectivity index (χ4n) is 1.63. The second-order valence-corrected chi connectivity index (χ2v) is 4.05. The molecule has 0 amide bonds. The van der Waals surface area contributed by atoms with E-state index in [9.17, 15) is 0 Å². The maximum absolute atomic E-state index is 5.35. The molecule has 2 aromatic heterocycles. The molecule has 7 nitrogen and oxygen atoms in total. The third-order valence-electron chi connectivity index (χ3n) is 2.50. The molecule has 0 radical (unpaired) electrons. The Morgan fingerprint density at radius 3 is 2.65 bits per heavy atom. The molecule has 0 spiro atoms. The minimum Gasteiger partial charge on any atom is -0.374 e. The Morgan fingerprint density at radius 2 is 2.00 bits per heavy atom. The van der Waals surface area contributed by atoms with Gasteiger partial charge in [-0.2, -0.15) is 0 Å². The van der Waals surface area contributed by atoms with Crippen molar-refractivity contribution in [1.29, 1.82) is 0 Å². The number of rotatable bonds is 8. The van der Waals surface area contributed by atoms with E-state index in [1.165, 1.54) is 0 Å². The lowest BCUT2D eigenvalue weighted by Gasteiger charge is -2.09. The van der Waals surface area contributed by atoms with Gasteiger partial charge in [0.2, 0.25) is 0 Å². The average Bonchev–Trinajstić information content (AvgIpc) is 2.96. The average molecular weight is 277 g/mol. The van der Waals surface area contributed by atoms with E-state index in [1.807, 2.05) is 19.9 Å². The highest BCUT2D eigenvalue weighted by Crippen LogP contribution is 2.13. The van der Waals surface area contributed by atoms with Gasteiger partial charge in [0.15, 0.2) is 11.6 Å². The van der Waals surface area contributed by atoms with Gasteiger partial charge in [-0.3, -0.25) is 0 Å². The minimum atomic E-state index is 0.396. The topological polar surface area (TPSA) is 85.1 Å². The van der Waals surface area contributed by atoms with Crippen molar-refractivity contribution in [2.75, 3.05) is 23.8 Å². The van der Waals surface area contributed by atoms with Gasteiger partial charge in [0.25, 0.3) is 0 Å². The Bertz CT molecular complexity index is 515. The van der Waals surface area contributed by atoms with Crippen LogP contribution in [0.4, 0.5) is 11.6 Å². The van der Waals surface area contributed by atoms with Crippen molar-refractivity contribution in [2.24, 2.45) is 0 Å². The van der Waals surface area contributed by atoms with Crippen LogP contribution in [0.3, 0.4) is 0 Å². The van der Waals surface area contributed by atoms with E-state index in [4.69, 9.17) is 9.26 Å². The third-order valence-corrected chi connectivity index (χ3v) is 2.50. The van der Waals surface area contributed by atoms with E-state index in [0.717, 1.165) is 23.9 Å². The Kier molecular flexibility index (Phi) is 5.31. The summed E-state index contributed by atoms with van der Waals surface area (Å²) in [5.41, 5.74) is 0. The molecular weight excluding hydrogens is 258 g/mol. The summed E-state index contributed by atoms with van der Waals surface area (Å²) >= 11 is 0. The number of hydrogen-bond donors (Lipinski definition) is 2. The summed E-state index contributed by atoms with van der Waals surface area (Å²) in [5, 5.41) is 10.0. The van der Waals surface area contributed by atoms with Gasteiger partial charge in [-0.05, 0) is 13.8 Å². The molecule has 0 saturated heterocycles. The molecule has 2 aromatic rings. The lowest BCUT2D eigenvalue weighted by atomic mass is 10.4. The molecule has 0 aromatic carbocycles. The molecule has 0 aliphatic rings. The molecule has 0 saturated carbocycles. The number of ether oxygens (including phenoxy) is 1. The SMILES string of the molecule is CCNc1cc(NCc2ccno2)nc(COCC)n1. The molecule has 7 heteroatoms. The van der Waals surface area contributed by atoms with Gasteiger partial charge in [0, 0.05) is 25.3 Å². The Hall–Kier alpha value is -2.15. The molecule has 108 valence electrons. The smallest absolute Gasteiger partial charge is 0.158 e. The van der Waals surface area contributed by atoms with Crippen LogP contribution in [0, 0.1) is 0 Å². The summed E-state index contributed by atoms with van der Waals surface area (Å²) in [4.78, 5) is 8.79. The van der Waals surface area contributed by atoms with Crippen molar-refractivity contribution in [2.45, 2.75) is 27.0 Å². The number of anilines is 2. The Labute approximate surface area is 117 Å². The molecule has 0 fully saturated rings. The first-order valence-corrected chi connectivity index (χ1v) is 6.64. The van der Waals surface area contributed by atoms with Crippen LogP contribution < -0.4 is 10.6 Å². The molecule has 0 aliphatic carbocycles. The predicted octanol–water partition coefficient (Wildman–Crippen LogP) is 2.04. The highest BCUT2D eigenvalue weighted by Gasteiger charge is 2.05. The molecule has 0 atom stereocenters. The summed E-state index contributed by atoms with van der Waals surface area (Å²) in [6.07, 6.45) is 1.61. The van der Waals surface area contributed by atoms with Gasteiger partial charge in [-0.1, -0.05) is 5.16 Å². The van der Waals surface area contributed by atoms with Crippen LogP contribution in [-0.2, 0) is 17.9 Å². The summed E-state index contributed by atoms with van der Waals surface area (Å²) in [6.45, 7) is 6.31. The Balaban J connectivity index is 2.06. The van der Waals surface area contributed by atoms with Crippen molar-refractivity contribution < 1.29 is 9.26 Å². The zero-order valence-corrected chi connectivity index (χ0v) is 11.7. The van der Waals surface area contributed by atoms with Crippen molar-refractivity contribution in [3.63, 3.8) is 0 Å². The lowest BCUT2D eigenvalue weighted by molar-refractivity contribution is 0.128. The van der Waals surface area contributed by atoms with Gasteiger partial charge in [-0.25, -0.2) is 9.97 Å². The van der Waals surface area contributed by atoms with Crippen LogP contribution in [0.15, 0.2) is 22.9 Å². The zero-order chi connectivity index (χ0) is 14.2. The summed E-state index contributed by atoms with van der Waals surface area (Å²) in [6, 6.07) is 3.66.